The Balaban J connectivity index is 1.60. The van der Waals surface area contributed by atoms with Gasteiger partial charge in [-0.25, -0.2) is 9.78 Å². The van der Waals surface area contributed by atoms with Crippen LogP contribution in [0.15, 0.2) is 29.1 Å². The third-order valence-corrected chi connectivity index (χ3v) is 3.87. The minimum absolute atomic E-state index is 0.0583. The Morgan fingerprint density at radius 2 is 2.33 bits per heavy atom. The van der Waals surface area contributed by atoms with Crippen molar-refractivity contribution in [3.05, 3.63) is 30.2 Å². The molecule has 1 saturated heterocycles. The van der Waals surface area contributed by atoms with Crippen LogP contribution in [0.4, 0.5) is 16.4 Å². The highest BCUT2D eigenvalue weighted by Crippen LogP contribution is 2.26. The lowest BCUT2D eigenvalue weighted by atomic mass is 10.3. The number of ether oxygens (including phenoxy) is 1. The number of nitrogens with zero attached hydrogens (tertiary/aromatic N) is 4. The van der Waals surface area contributed by atoms with Crippen molar-refractivity contribution >= 4 is 17.7 Å². The van der Waals surface area contributed by atoms with Crippen molar-refractivity contribution in [2.75, 3.05) is 37.4 Å². The van der Waals surface area contributed by atoms with Gasteiger partial charge in [-0.05, 0) is 19.1 Å². The predicted octanol–water partition coefficient (Wildman–Crippen LogP) is 2.13. The minimum Gasteiger partial charge on any atom is -0.485 e. The first-order valence-corrected chi connectivity index (χ1v) is 7.80. The number of aromatic nitrogens is 2. The van der Waals surface area contributed by atoms with E-state index in [1.54, 1.807) is 11.1 Å². The summed E-state index contributed by atoms with van der Waals surface area (Å²) in [6.07, 6.45) is 3.94. The lowest BCUT2D eigenvalue weighted by molar-refractivity contribution is 0.194. The van der Waals surface area contributed by atoms with Crippen molar-refractivity contribution in [2.24, 2.45) is 0 Å². The van der Waals surface area contributed by atoms with Gasteiger partial charge in [-0.1, -0.05) is 5.16 Å². The number of rotatable bonds is 4. The topological polar surface area (TPSA) is 83.7 Å². The summed E-state index contributed by atoms with van der Waals surface area (Å²) in [6.45, 7) is 2.97. The summed E-state index contributed by atoms with van der Waals surface area (Å²) < 4.78 is 10.9. The van der Waals surface area contributed by atoms with Gasteiger partial charge < -0.3 is 19.1 Å². The van der Waals surface area contributed by atoms with Gasteiger partial charge in [0.05, 0.1) is 6.54 Å². The zero-order valence-corrected chi connectivity index (χ0v) is 14.0. The molecule has 0 radical (unpaired) electrons. The molecule has 1 aliphatic rings. The third kappa shape index (κ3) is 3.42. The van der Waals surface area contributed by atoms with Gasteiger partial charge in [0.25, 0.3) is 0 Å². The number of hydrogen-bond donors (Lipinski definition) is 1. The van der Waals surface area contributed by atoms with Crippen molar-refractivity contribution in [2.45, 2.75) is 19.4 Å². The van der Waals surface area contributed by atoms with E-state index >= 15 is 0 Å². The van der Waals surface area contributed by atoms with E-state index < -0.39 is 0 Å². The maximum atomic E-state index is 12.3. The van der Waals surface area contributed by atoms with E-state index in [4.69, 9.17) is 9.26 Å². The van der Waals surface area contributed by atoms with Crippen LogP contribution in [0.25, 0.3) is 0 Å². The van der Waals surface area contributed by atoms with E-state index in [-0.39, 0.29) is 12.1 Å². The second-order valence-corrected chi connectivity index (χ2v) is 5.97. The molecular formula is C16H21N5O3. The van der Waals surface area contributed by atoms with E-state index in [0.29, 0.717) is 18.9 Å². The summed E-state index contributed by atoms with van der Waals surface area (Å²) in [5.74, 6) is 1.95. The standard InChI is InChI=1S/C16H21N5O3/c1-11-10-23-19-14(11)18-16(22)21-8-6-12(9-21)24-13-5-4-7-17-15(13)20(2)3/h4-5,7,10,12H,6,8-9H2,1-3H3,(H,18,19,22)/t12-/m1/s1. The van der Waals surface area contributed by atoms with Gasteiger partial charge in [0.1, 0.15) is 12.4 Å². The molecule has 1 fully saturated rings. The number of hydrogen-bond acceptors (Lipinski definition) is 6. The van der Waals surface area contributed by atoms with Crippen molar-refractivity contribution in [1.82, 2.24) is 15.0 Å². The fourth-order valence-electron chi connectivity index (χ4n) is 2.59. The molecule has 2 amide bonds. The van der Waals surface area contributed by atoms with Gasteiger partial charge in [0.2, 0.25) is 0 Å². The molecule has 3 heterocycles. The van der Waals surface area contributed by atoms with E-state index in [1.165, 1.54) is 6.26 Å². The fraction of sp³-hybridized carbons (Fsp3) is 0.438. The Hall–Kier alpha value is -2.77. The molecule has 0 aliphatic carbocycles. The molecule has 0 spiro atoms. The van der Waals surface area contributed by atoms with Crippen molar-refractivity contribution < 1.29 is 14.1 Å². The SMILES string of the molecule is Cc1conc1NC(=O)N1CC[C@@H](Oc2cccnc2N(C)C)C1. The minimum atomic E-state index is -0.197. The summed E-state index contributed by atoms with van der Waals surface area (Å²) in [5, 5.41) is 6.52. The molecule has 0 unspecified atom stereocenters. The summed E-state index contributed by atoms with van der Waals surface area (Å²) in [6, 6.07) is 3.54. The molecule has 128 valence electrons. The number of anilines is 2. The van der Waals surface area contributed by atoms with E-state index in [0.717, 1.165) is 23.6 Å². The molecule has 0 saturated carbocycles. The molecular weight excluding hydrogens is 310 g/mol. The summed E-state index contributed by atoms with van der Waals surface area (Å²) in [5.41, 5.74) is 0.793. The van der Waals surface area contributed by atoms with E-state index in [2.05, 4.69) is 15.5 Å². The van der Waals surface area contributed by atoms with Gasteiger partial charge >= 0.3 is 6.03 Å². The highest BCUT2D eigenvalue weighted by molar-refractivity contribution is 5.89. The lowest BCUT2D eigenvalue weighted by Gasteiger charge is -2.20. The number of carbonyl (C=O) groups excluding carboxylic acids is 1. The average molecular weight is 331 g/mol. The molecule has 1 atom stereocenters. The van der Waals surface area contributed by atoms with Crippen LogP contribution in [0, 0.1) is 6.92 Å². The Bertz CT molecular complexity index is 715. The zero-order valence-electron chi connectivity index (χ0n) is 14.0. The van der Waals surface area contributed by atoms with Crippen LogP contribution >= 0.6 is 0 Å². The van der Waals surface area contributed by atoms with Crippen LogP contribution in [-0.4, -0.2) is 54.4 Å². The number of carbonyl (C=O) groups is 1. The fourth-order valence-corrected chi connectivity index (χ4v) is 2.59. The van der Waals surface area contributed by atoms with Gasteiger partial charge in [-0.2, -0.15) is 0 Å². The Kier molecular flexibility index (Phi) is 4.54. The number of likely N-dealkylation sites (tertiary alicyclic amines) is 1. The predicted molar refractivity (Wildman–Crippen MR) is 89.4 cm³/mol. The maximum absolute atomic E-state index is 12.3. The van der Waals surface area contributed by atoms with Crippen LogP contribution in [0.2, 0.25) is 0 Å². The molecule has 24 heavy (non-hydrogen) atoms. The Morgan fingerprint density at radius 1 is 1.50 bits per heavy atom. The zero-order chi connectivity index (χ0) is 17.1. The molecule has 2 aromatic rings. The van der Waals surface area contributed by atoms with Crippen molar-refractivity contribution in [3.63, 3.8) is 0 Å². The summed E-state index contributed by atoms with van der Waals surface area (Å²) in [7, 11) is 3.84. The van der Waals surface area contributed by atoms with Gasteiger partial charge in [-0.3, -0.25) is 5.32 Å². The molecule has 8 nitrogen and oxygen atoms in total. The monoisotopic (exact) mass is 331 g/mol. The number of aryl methyl sites for hydroxylation is 1. The molecule has 8 heteroatoms. The largest absolute Gasteiger partial charge is 0.485 e. The van der Waals surface area contributed by atoms with Crippen LogP contribution in [0.3, 0.4) is 0 Å². The van der Waals surface area contributed by atoms with Gasteiger partial charge in [0, 0.05) is 38.8 Å². The van der Waals surface area contributed by atoms with Crippen molar-refractivity contribution in [3.8, 4) is 5.75 Å². The van der Waals surface area contributed by atoms with Crippen LogP contribution in [-0.2, 0) is 0 Å². The number of amides is 2. The van der Waals surface area contributed by atoms with E-state index in [9.17, 15) is 4.79 Å². The molecule has 1 N–H and O–H groups in total. The second kappa shape index (κ2) is 6.77. The number of pyridine rings is 1. The molecule has 0 bridgehead atoms. The molecule has 2 aromatic heterocycles. The third-order valence-electron chi connectivity index (χ3n) is 3.87. The average Bonchev–Trinajstić information content (AvgIpc) is 3.17. The first-order chi connectivity index (χ1) is 11.5. The van der Waals surface area contributed by atoms with Crippen molar-refractivity contribution in [1.29, 1.82) is 0 Å². The van der Waals surface area contributed by atoms with Gasteiger partial charge in [0.15, 0.2) is 17.4 Å². The Morgan fingerprint density at radius 3 is 3.04 bits per heavy atom. The molecule has 0 aromatic carbocycles. The first-order valence-electron chi connectivity index (χ1n) is 7.80. The summed E-state index contributed by atoms with van der Waals surface area (Å²) >= 11 is 0. The van der Waals surface area contributed by atoms with Gasteiger partial charge in [-0.15, -0.1) is 0 Å². The normalized spacial score (nSPS) is 17.0. The molecule has 3 rings (SSSR count). The summed E-state index contributed by atoms with van der Waals surface area (Å²) in [4.78, 5) is 20.2. The Labute approximate surface area is 140 Å². The van der Waals surface area contributed by atoms with Crippen LogP contribution < -0.4 is 15.0 Å². The number of urea groups is 1. The second-order valence-electron chi connectivity index (χ2n) is 5.97. The molecule has 1 aliphatic heterocycles. The van der Waals surface area contributed by atoms with Crippen LogP contribution in [0.5, 0.6) is 5.75 Å². The quantitative estimate of drug-likeness (QED) is 0.924. The first kappa shape index (κ1) is 16.1. The lowest BCUT2D eigenvalue weighted by Crippen LogP contribution is -2.34. The van der Waals surface area contributed by atoms with E-state index in [1.807, 2.05) is 38.1 Å². The smallest absolute Gasteiger partial charge is 0.323 e. The maximum Gasteiger partial charge on any atom is 0.323 e. The highest BCUT2D eigenvalue weighted by Gasteiger charge is 2.29. The van der Waals surface area contributed by atoms with Crippen LogP contribution in [0.1, 0.15) is 12.0 Å². The highest BCUT2D eigenvalue weighted by atomic mass is 16.5. The number of nitrogens with one attached hydrogen (secondary N) is 1.